The van der Waals surface area contributed by atoms with Crippen LogP contribution in [0.15, 0.2) is 186 Å². The quantitative estimate of drug-likeness (QED) is 0.178. The van der Waals surface area contributed by atoms with Gasteiger partial charge in [-0.25, -0.2) is 0 Å². The lowest BCUT2D eigenvalue weighted by atomic mass is 9.66. The van der Waals surface area contributed by atoms with E-state index in [9.17, 15) is 0 Å². The van der Waals surface area contributed by atoms with E-state index in [4.69, 9.17) is 19.4 Å². The van der Waals surface area contributed by atoms with Crippen molar-refractivity contribution in [1.29, 1.82) is 0 Å². The number of aromatic nitrogens is 3. The Labute approximate surface area is 362 Å². The van der Waals surface area contributed by atoms with Gasteiger partial charge in [0.2, 0.25) is 0 Å². The minimum absolute atomic E-state index is 0.442. The molecule has 14 rings (SSSR count). The van der Waals surface area contributed by atoms with E-state index >= 15 is 0 Å². The molecule has 0 amide bonds. The van der Waals surface area contributed by atoms with Crippen molar-refractivity contribution in [3.05, 3.63) is 221 Å². The van der Waals surface area contributed by atoms with Gasteiger partial charge in [-0.05, 0) is 128 Å². The average molecular weight is 814 g/mol. The van der Waals surface area contributed by atoms with Crippen molar-refractivity contribution in [2.45, 2.75) is 20.6 Å². The zero-order valence-corrected chi connectivity index (χ0v) is 34.6. The van der Waals surface area contributed by atoms with Crippen molar-refractivity contribution in [3.8, 4) is 50.8 Å². The topological polar surface area (TPSA) is 49.2 Å². The molecule has 0 fully saturated rings. The second-order valence-electron chi connectivity index (χ2n) is 16.7. The number of nitrogens with zero attached hydrogens (tertiary/aromatic N) is 3. The normalized spacial score (nSPS) is 16.4. The summed E-state index contributed by atoms with van der Waals surface area (Å²) in [6.07, 6.45) is 3.93. The first kappa shape index (κ1) is 34.3. The molecule has 1 aliphatic heterocycles. The summed E-state index contributed by atoms with van der Waals surface area (Å²) in [6, 6.07) is 60.6. The predicted molar refractivity (Wildman–Crippen MR) is 247 cm³/mol. The number of benzene rings is 7. The Balaban J connectivity index is 1.09. The van der Waals surface area contributed by atoms with Gasteiger partial charge in [-0.1, -0.05) is 109 Å². The molecule has 0 bridgehead atoms. The molecule has 1 unspecified atom stereocenters. The van der Waals surface area contributed by atoms with Gasteiger partial charge in [0.05, 0.1) is 59.4 Å². The highest BCUT2D eigenvalue weighted by molar-refractivity contribution is 7.99. The summed E-state index contributed by atoms with van der Waals surface area (Å²) in [5.41, 5.74) is 19.1. The fourth-order valence-electron chi connectivity index (χ4n) is 11.8. The van der Waals surface area contributed by atoms with Crippen LogP contribution in [0.2, 0.25) is 0 Å². The second-order valence-corrected chi connectivity index (χ2v) is 17.8. The molecule has 5 nitrogen and oxygen atoms in total. The molecular weight excluding hydrogens is 779 g/mol. The number of hydrogen-bond donors (Lipinski definition) is 0. The van der Waals surface area contributed by atoms with Crippen LogP contribution in [-0.4, -0.2) is 28.8 Å². The molecule has 2 spiro atoms. The summed E-state index contributed by atoms with van der Waals surface area (Å²) >= 11 is 1.88. The lowest BCUT2D eigenvalue weighted by molar-refractivity contribution is 0.415. The van der Waals surface area contributed by atoms with E-state index in [1.165, 1.54) is 65.4 Å². The molecule has 10 aromatic rings. The van der Waals surface area contributed by atoms with Gasteiger partial charge in [-0.2, -0.15) is 0 Å². The summed E-state index contributed by atoms with van der Waals surface area (Å²) in [5, 5.41) is 2.17. The molecule has 1 atom stereocenters. The van der Waals surface area contributed by atoms with Gasteiger partial charge < -0.3 is 14.0 Å². The Morgan fingerprint density at radius 2 is 0.984 bits per heavy atom. The predicted octanol–water partition coefficient (Wildman–Crippen LogP) is 12.8. The first-order chi connectivity index (χ1) is 30.6. The number of rotatable bonds is 3. The highest BCUT2D eigenvalue weighted by Gasteiger charge is 2.56. The van der Waals surface area contributed by atoms with Crippen molar-refractivity contribution in [2.75, 3.05) is 14.2 Å². The fourth-order valence-corrected chi connectivity index (χ4v) is 13.0. The van der Waals surface area contributed by atoms with E-state index in [0.717, 1.165) is 61.5 Å². The molecular formula is C56H35N3O2S. The van der Waals surface area contributed by atoms with E-state index in [1.54, 1.807) is 14.2 Å². The molecule has 62 heavy (non-hydrogen) atoms. The molecule has 7 aromatic carbocycles. The third-order valence-electron chi connectivity index (χ3n) is 14.2. The lowest BCUT2D eigenvalue weighted by Gasteiger charge is -2.40. The van der Waals surface area contributed by atoms with Crippen LogP contribution in [0.5, 0.6) is 11.5 Å². The van der Waals surface area contributed by atoms with Gasteiger partial charge in [-0.15, -0.1) is 0 Å². The van der Waals surface area contributed by atoms with Crippen molar-refractivity contribution in [2.24, 2.45) is 0 Å². The van der Waals surface area contributed by atoms with Gasteiger partial charge in [0.25, 0.3) is 0 Å². The molecule has 4 aliphatic rings. The van der Waals surface area contributed by atoms with Crippen LogP contribution < -0.4 is 9.47 Å². The molecule has 0 N–H and O–H groups in total. The van der Waals surface area contributed by atoms with Crippen LogP contribution in [0.1, 0.15) is 44.5 Å². The monoisotopic (exact) mass is 813 g/mol. The first-order valence-electron chi connectivity index (χ1n) is 21.0. The molecule has 3 aromatic heterocycles. The van der Waals surface area contributed by atoms with Crippen LogP contribution in [-0.2, 0) is 10.8 Å². The summed E-state index contributed by atoms with van der Waals surface area (Å²) in [6.45, 7) is 0. The zero-order chi connectivity index (χ0) is 40.9. The smallest absolute Gasteiger partial charge is 0.119 e. The fraction of sp³-hybridized carbons (Fsp3) is 0.0714. The van der Waals surface area contributed by atoms with E-state index in [-0.39, 0.29) is 0 Å². The number of ether oxygens (including phenoxy) is 2. The number of pyridine rings is 2. The van der Waals surface area contributed by atoms with E-state index in [2.05, 4.69) is 156 Å². The Hall–Kier alpha value is -7.41. The maximum atomic E-state index is 5.74. The highest BCUT2D eigenvalue weighted by atomic mass is 32.2. The average Bonchev–Trinajstić information content (AvgIpc) is 4.01. The van der Waals surface area contributed by atoms with E-state index in [1.807, 2.05) is 36.3 Å². The third-order valence-corrected chi connectivity index (χ3v) is 15.3. The SMILES string of the molecule is COc1ccc2c(c1)c1cc(OC)ccc1n2-c1cnc2c(c1)C1(c3ccccc3Sc3cc4c(cc31)-c1ccccc1C41c3ccccc3-c3ccccc31)c1cccnc1-2. The Morgan fingerprint density at radius 3 is 1.63 bits per heavy atom. The summed E-state index contributed by atoms with van der Waals surface area (Å²) in [7, 11) is 3.43. The van der Waals surface area contributed by atoms with Crippen LogP contribution in [0.3, 0.4) is 0 Å². The summed E-state index contributed by atoms with van der Waals surface area (Å²) in [5.74, 6) is 1.61. The largest absolute Gasteiger partial charge is 0.497 e. The minimum atomic E-state index is -0.699. The third kappa shape index (κ3) is 4.02. The maximum absolute atomic E-state index is 5.74. The van der Waals surface area contributed by atoms with Gasteiger partial charge >= 0.3 is 0 Å². The maximum Gasteiger partial charge on any atom is 0.119 e. The van der Waals surface area contributed by atoms with Crippen molar-refractivity contribution < 1.29 is 9.47 Å². The number of hydrogen-bond acceptors (Lipinski definition) is 5. The van der Waals surface area contributed by atoms with Gasteiger partial charge in [-0.3, -0.25) is 9.97 Å². The molecule has 0 saturated carbocycles. The summed E-state index contributed by atoms with van der Waals surface area (Å²) in [4.78, 5) is 13.0. The molecule has 0 saturated heterocycles. The minimum Gasteiger partial charge on any atom is -0.497 e. The van der Waals surface area contributed by atoms with Gasteiger partial charge in [0.1, 0.15) is 11.5 Å². The lowest BCUT2D eigenvalue weighted by Crippen LogP contribution is -2.33. The van der Waals surface area contributed by atoms with E-state index in [0.29, 0.717) is 0 Å². The zero-order valence-electron chi connectivity index (χ0n) is 33.8. The summed E-state index contributed by atoms with van der Waals surface area (Å²) < 4.78 is 13.8. The molecule has 4 heterocycles. The highest BCUT2D eigenvalue weighted by Crippen LogP contribution is 2.67. The van der Waals surface area contributed by atoms with Gasteiger partial charge in [0.15, 0.2) is 0 Å². The second kappa shape index (κ2) is 12.1. The van der Waals surface area contributed by atoms with Crippen LogP contribution in [0, 0.1) is 0 Å². The van der Waals surface area contributed by atoms with Crippen LogP contribution in [0.4, 0.5) is 0 Å². The van der Waals surface area contributed by atoms with Crippen molar-refractivity contribution in [1.82, 2.24) is 14.5 Å². The number of methoxy groups -OCH3 is 2. The first-order valence-corrected chi connectivity index (χ1v) is 21.8. The standard InChI is InChI=1S/C56H35N3O2S/c1-60-33-21-23-49-39(27-33)40-28-34(61-2)22-24-50(40)59(49)32-26-48-54(58-31-32)53-45(19-11-25-57-53)56(48)44-18-9-10-20-51(44)62-52-30-46-38(29-47(52)56)37-14-5-8-17-43(37)55(46)41-15-6-3-12-35(41)36-13-4-7-16-42(36)55/h3-31H,1-2H3. The molecule has 292 valence electrons. The van der Waals surface area contributed by atoms with Gasteiger partial charge in [0, 0.05) is 32.3 Å². The van der Waals surface area contributed by atoms with Crippen molar-refractivity contribution in [3.63, 3.8) is 0 Å². The Morgan fingerprint density at radius 1 is 0.435 bits per heavy atom. The Kier molecular flexibility index (Phi) is 6.71. The van der Waals surface area contributed by atoms with Crippen molar-refractivity contribution >= 4 is 33.6 Å². The Bertz CT molecular complexity index is 3520. The number of fused-ring (bicyclic) bond motifs is 22. The van der Waals surface area contributed by atoms with Crippen LogP contribution >= 0.6 is 11.8 Å². The molecule has 3 aliphatic carbocycles. The van der Waals surface area contributed by atoms with Crippen LogP contribution in [0.25, 0.3) is 61.1 Å². The molecule has 0 radical (unpaired) electrons. The van der Waals surface area contributed by atoms with E-state index < -0.39 is 10.8 Å². The molecule has 6 heteroatoms.